The Morgan fingerprint density at radius 2 is 2.08 bits per heavy atom. The van der Waals surface area contributed by atoms with Crippen molar-refractivity contribution in [2.75, 3.05) is 0 Å². The van der Waals surface area contributed by atoms with Gasteiger partial charge in [-0.15, -0.1) is 11.3 Å². The van der Waals surface area contributed by atoms with E-state index >= 15 is 0 Å². The first-order valence-corrected chi connectivity index (χ1v) is 5.42. The molecule has 0 fully saturated rings. The van der Waals surface area contributed by atoms with Crippen molar-refractivity contribution in [1.29, 1.82) is 0 Å². The summed E-state index contributed by atoms with van der Waals surface area (Å²) in [6.07, 6.45) is 1.03. The summed E-state index contributed by atoms with van der Waals surface area (Å²) in [4.78, 5) is 1.31. The van der Waals surface area contributed by atoms with Crippen LogP contribution in [0.5, 0.6) is 0 Å². The average Bonchev–Trinajstić information content (AvgIpc) is 2.54. The number of aryl methyl sites for hydroxylation is 1. The van der Waals surface area contributed by atoms with Crippen LogP contribution in [0.4, 0.5) is 0 Å². The van der Waals surface area contributed by atoms with E-state index in [9.17, 15) is 0 Å². The van der Waals surface area contributed by atoms with Gasteiger partial charge in [0.2, 0.25) is 0 Å². The molecule has 0 radical (unpaired) electrons. The van der Waals surface area contributed by atoms with Crippen LogP contribution in [0.15, 0.2) is 11.4 Å². The quantitative estimate of drug-likeness (QED) is 0.750. The summed E-state index contributed by atoms with van der Waals surface area (Å²) in [6.45, 7) is 8.21. The smallest absolute Gasteiger partial charge is 0.0387 e. The summed E-state index contributed by atoms with van der Waals surface area (Å²) in [5.74, 6) is 0. The van der Waals surface area contributed by atoms with Crippen LogP contribution in [0.1, 0.15) is 43.7 Å². The molecule has 70 valence electrons. The number of rotatable bonds is 2. The molecular weight excluding hydrogens is 166 g/mol. The molecule has 12 heavy (non-hydrogen) atoms. The van der Waals surface area contributed by atoms with Crippen LogP contribution in [-0.4, -0.2) is 0 Å². The first-order chi connectivity index (χ1) is 5.74. The molecule has 2 heteroatoms. The molecule has 0 spiro atoms. The lowest BCUT2D eigenvalue weighted by molar-refractivity contribution is 0.712. The maximum absolute atomic E-state index is 5.82. The summed E-state index contributed by atoms with van der Waals surface area (Å²) in [7, 11) is 0. The SMILES string of the molecule is CC.CCC(N)c1cc(C)cs1. The molecule has 0 saturated heterocycles. The van der Waals surface area contributed by atoms with E-state index < -0.39 is 0 Å². The van der Waals surface area contributed by atoms with Gasteiger partial charge in [0.25, 0.3) is 0 Å². The zero-order chi connectivity index (χ0) is 9.56. The van der Waals surface area contributed by atoms with E-state index in [1.165, 1.54) is 10.4 Å². The lowest BCUT2D eigenvalue weighted by Gasteiger charge is -2.03. The molecule has 0 aliphatic heterocycles. The van der Waals surface area contributed by atoms with Gasteiger partial charge in [-0.25, -0.2) is 0 Å². The van der Waals surface area contributed by atoms with Gasteiger partial charge >= 0.3 is 0 Å². The zero-order valence-corrected chi connectivity index (χ0v) is 9.24. The van der Waals surface area contributed by atoms with Gasteiger partial charge in [0, 0.05) is 10.9 Å². The van der Waals surface area contributed by atoms with Gasteiger partial charge in [-0.05, 0) is 30.4 Å². The van der Waals surface area contributed by atoms with Crippen molar-refractivity contribution in [2.24, 2.45) is 5.73 Å². The average molecular weight is 185 g/mol. The summed E-state index contributed by atoms with van der Waals surface area (Å²) >= 11 is 1.76. The van der Waals surface area contributed by atoms with Crippen LogP contribution in [0.2, 0.25) is 0 Å². The first kappa shape index (κ1) is 11.7. The fourth-order valence-electron chi connectivity index (χ4n) is 0.849. The molecule has 0 aromatic carbocycles. The second-order valence-electron chi connectivity index (χ2n) is 2.54. The van der Waals surface area contributed by atoms with Crippen LogP contribution >= 0.6 is 11.3 Å². The molecule has 1 unspecified atom stereocenters. The molecule has 1 atom stereocenters. The number of nitrogens with two attached hydrogens (primary N) is 1. The molecule has 1 rings (SSSR count). The molecular formula is C10H19NS. The van der Waals surface area contributed by atoms with Crippen LogP contribution in [0.3, 0.4) is 0 Å². The van der Waals surface area contributed by atoms with E-state index in [-0.39, 0.29) is 6.04 Å². The lowest BCUT2D eigenvalue weighted by Crippen LogP contribution is -2.05. The Morgan fingerprint density at radius 3 is 2.42 bits per heavy atom. The Bertz CT molecular complexity index is 205. The van der Waals surface area contributed by atoms with Gasteiger partial charge in [-0.1, -0.05) is 20.8 Å². The van der Waals surface area contributed by atoms with Gasteiger partial charge in [0.15, 0.2) is 0 Å². The van der Waals surface area contributed by atoms with Crippen LogP contribution in [-0.2, 0) is 0 Å². The number of hydrogen-bond acceptors (Lipinski definition) is 2. The topological polar surface area (TPSA) is 26.0 Å². The Hall–Kier alpha value is -0.340. The minimum atomic E-state index is 0.249. The Labute approximate surface area is 79.6 Å². The second-order valence-corrected chi connectivity index (χ2v) is 3.48. The minimum absolute atomic E-state index is 0.249. The van der Waals surface area contributed by atoms with Crippen LogP contribution in [0.25, 0.3) is 0 Å². The van der Waals surface area contributed by atoms with Crippen molar-refractivity contribution in [1.82, 2.24) is 0 Å². The summed E-state index contributed by atoms with van der Waals surface area (Å²) in [5, 5.41) is 2.14. The molecule has 0 aliphatic rings. The minimum Gasteiger partial charge on any atom is -0.323 e. The second kappa shape index (κ2) is 6.21. The summed E-state index contributed by atoms with van der Waals surface area (Å²) < 4.78 is 0. The molecule has 2 N–H and O–H groups in total. The van der Waals surface area contributed by atoms with Crippen molar-refractivity contribution in [3.8, 4) is 0 Å². The van der Waals surface area contributed by atoms with E-state index in [1.54, 1.807) is 11.3 Å². The van der Waals surface area contributed by atoms with Gasteiger partial charge in [0.1, 0.15) is 0 Å². The Balaban J connectivity index is 0.000000561. The normalized spacial score (nSPS) is 11.8. The predicted octanol–water partition coefficient (Wildman–Crippen LogP) is 3.49. The van der Waals surface area contributed by atoms with E-state index in [0.29, 0.717) is 0 Å². The standard InChI is InChI=1S/C8H13NS.C2H6/c1-3-7(9)8-4-6(2)5-10-8;1-2/h4-5,7H,3,9H2,1-2H3;1-2H3. The van der Waals surface area contributed by atoms with Crippen molar-refractivity contribution < 1.29 is 0 Å². The lowest BCUT2D eigenvalue weighted by atomic mass is 10.2. The Morgan fingerprint density at radius 1 is 1.50 bits per heavy atom. The molecule has 1 nitrogen and oxygen atoms in total. The molecule has 0 saturated carbocycles. The fraction of sp³-hybridized carbons (Fsp3) is 0.600. The highest BCUT2D eigenvalue weighted by Gasteiger charge is 2.03. The van der Waals surface area contributed by atoms with Crippen molar-refractivity contribution in [2.45, 2.75) is 40.2 Å². The van der Waals surface area contributed by atoms with Gasteiger partial charge < -0.3 is 5.73 Å². The van der Waals surface area contributed by atoms with Crippen LogP contribution < -0.4 is 5.73 Å². The van der Waals surface area contributed by atoms with Gasteiger partial charge in [-0.3, -0.25) is 0 Å². The van der Waals surface area contributed by atoms with E-state index in [1.807, 2.05) is 13.8 Å². The van der Waals surface area contributed by atoms with Gasteiger partial charge in [-0.2, -0.15) is 0 Å². The molecule has 1 heterocycles. The zero-order valence-electron chi connectivity index (χ0n) is 8.42. The molecule has 1 aromatic heterocycles. The highest BCUT2D eigenvalue weighted by molar-refractivity contribution is 7.10. The summed E-state index contributed by atoms with van der Waals surface area (Å²) in [6, 6.07) is 2.41. The highest BCUT2D eigenvalue weighted by Crippen LogP contribution is 2.21. The third-order valence-corrected chi connectivity index (χ3v) is 2.74. The first-order valence-electron chi connectivity index (χ1n) is 4.54. The Kier molecular flexibility index (Phi) is 6.03. The highest BCUT2D eigenvalue weighted by atomic mass is 32.1. The van der Waals surface area contributed by atoms with Gasteiger partial charge in [0.05, 0.1) is 0 Å². The largest absolute Gasteiger partial charge is 0.323 e. The molecule has 1 aromatic rings. The summed E-state index contributed by atoms with van der Waals surface area (Å²) in [5.41, 5.74) is 7.14. The molecule has 0 bridgehead atoms. The maximum atomic E-state index is 5.82. The maximum Gasteiger partial charge on any atom is 0.0387 e. The van der Waals surface area contributed by atoms with Crippen molar-refractivity contribution >= 4 is 11.3 Å². The van der Waals surface area contributed by atoms with Crippen molar-refractivity contribution in [3.05, 3.63) is 21.9 Å². The third-order valence-electron chi connectivity index (χ3n) is 1.56. The van der Waals surface area contributed by atoms with E-state index in [0.717, 1.165) is 6.42 Å². The number of thiophene rings is 1. The fourth-order valence-corrected chi connectivity index (χ4v) is 1.83. The van der Waals surface area contributed by atoms with E-state index in [4.69, 9.17) is 5.73 Å². The third kappa shape index (κ3) is 3.37. The molecule has 0 aliphatic carbocycles. The predicted molar refractivity (Wildman–Crippen MR) is 57.6 cm³/mol. The van der Waals surface area contributed by atoms with E-state index in [2.05, 4.69) is 25.3 Å². The number of hydrogen-bond donors (Lipinski definition) is 1. The van der Waals surface area contributed by atoms with Crippen LogP contribution in [0, 0.1) is 6.92 Å². The monoisotopic (exact) mass is 185 g/mol. The van der Waals surface area contributed by atoms with Crippen molar-refractivity contribution in [3.63, 3.8) is 0 Å². The molecule has 0 amide bonds.